The van der Waals surface area contributed by atoms with Crippen LogP contribution in [0.15, 0.2) is 89.8 Å². The Morgan fingerprint density at radius 1 is 1.09 bits per heavy atom. The van der Waals surface area contributed by atoms with Gasteiger partial charge in [-0.1, -0.05) is 42.5 Å². The van der Waals surface area contributed by atoms with Crippen molar-refractivity contribution < 1.29 is 19.1 Å². The maximum atomic E-state index is 13.1. The predicted octanol–water partition coefficient (Wildman–Crippen LogP) is 2.97. The summed E-state index contributed by atoms with van der Waals surface area (Å²) < 4.78 is 10.1. The Balaban J connectivity index is 2.02. The highest BCUT2D eigenvalue weighted by molar-refractivity contribution is 6.06. The predicted molar refractivity (Wildman–Crippen MR) is 124 cm³/mol. The number of nitriles is 1. The zero-order valence-corrected chi connectivity index (χ0v) is 18.5. The second-order valence-corrected chi connectivity index (χ2v) is 7.35. The van der Waals surface area contributed by atoms with Gasteiger partial charge in [0.05, 0.1) is 55.6 Å². The molecule has 1 aromatic heterocycles. The number of hydrogen-bond donors (Lipinski definition) is 2. The van der Waals surface area contributed by atoms with Crippen molar-refractivity contribution in [1.29, 1.82) is 5.26 Å². The first-order chi connectivity index (χ1) is 16.5. The molecule has 0 saturated heterocycles. The minimum Gasteiger partial charge on any atom is -0.466 e. The average Bonchev–Trinajstić information content (AvgIpc) is 3.42. The van der Waals surface area contributed by atoms with E-state index in [0.29, 0.717) is 11.3 Å². The van der Waals surface area contributed by atoms with Crippen LogP contribution in [0.5, 0.6) is 0 Å². The van der Waals surface area contributed by atoms with E-state index in [2.05, 4.69) is 16.0 Å². The fourth-order valence-corrected chi connectivity index (χ4v) is 4.01. The van der Waals surface area contributed by atoms with Crippen LogP contribution in [0.1, 0.15) is 11.5 Å². The summed E-state index contributed by atoms with van der Waals surface area (Å²) in [6, 6.07) is 18.1. The smallest absolute Gasteiger partial charge is 0.355 e. The molecule has 3 aromatic rings. The molecule has 0 aliphatic carbocycles. The van der Waals surface area contributed by atoms with E-state index >= 15 is 0 Å². The van der Waals surface area contributed by atoms with Crippen LogP contribution in [-0.2, 0) is 19.1 Å². The first kappa shape index (κ1) is 22.4. The highest BCUT2D eigenvalue weighted by Gasteiger charge is 2.43. The molecule has 2 heterocycles. The maximum Gasteiger partial charge on any atom is 0.355 e. The summed E-state index contributed by atoms with van der Waals surface area (Å²) in [6.45, 7) is 0. The van der Waals surface area contributed by atoms with Crippen LogP contribution >= 0.6 is 0 Å². The number of aromatic amines is 1. The van der Waals surface area contributed by atoms with Crippen molar-refractivity contribution in [3.05, 3.63) is 95.3 Å². The third-order valence-corrected chi connectivity index (χ3v) is 5.52. The topological polar surface area (TPSA) is 134 Å². The van der Waals surface area contributed by atoms with Crippen molar-refractivity contribution in [2.24, 2.45) is 5.73 Å². The van der Waals surface area contributed by atoms with Crippen molar-refractivity contribution in [2.45, 2.75) is 5.92 Å². The molecule has 0 amide bonds. The molecule has 0 fully saturated rings. The molecule has 2 aromatic carbocycles. The van der Waals surface area contributed by atoms with Crippen LogP contribution < -0.4 is 10.6 Å². The van der Waals surface area contributed by atoms with Crippen molar-refractivity contribution >= 4 is 17.6 Å². The summed E-state index contributed by atoms with van der Waals surface area (Å²) in [5.41, 5.74) is 9.01. The van der Waals surface area contributed by atoms with Gasteiger partial charge < -0.3 is 20.2 Å². The number of H-pyrrole nitrogens is 1. The quantitative estimate of drug-likeness (QED) is 0.561. The number of carbonyl (C=O) groups excluding carboxylic acids is 2. The maximum absolute atomic E-state index is 13.1. The summed E-state index contributed by atoms with van der Waals surface area (Å²) in [5.74, 6) is -2.48. The first-order valence-corrected chi connectivity index (χ1v) is 10.3. The number of anilines is 1. The number of esters is 2. The van der Waals surface area contributed by atoms with Gasteiger partial charge in [-0.2, -0.15) is 5.26 Å². The van der Waals surface area contributed by atoms with Crippen LogP contribution in [-0.4, -0.2) is 36.1 Å². The van der Waals surface area contributed by atoms with Crippen molar-refractivity contribution in [1.82, 2.24) is 9.97 Å². The van der Waals surface area contributed by atoms with E-state index in [1.807, 2.05) is 6.07 Å². The summed E-state index contributed by atoms with van der Waals surface area (Å²) >= 11 is 0. The number of methoxy groups -OCH3 is 2. The average molecular weight is 455 g/mol. The normalized spacial score (nSPS) is 15.7. The third kappa shape index (κ3) is 3.78. The lowest BCUT2D eigenvalue weighted by molar-refractivity contribution is -0.139. The third-order valence-electron chi connectivity index (χ3n) is 5.52. The first-order valence-electron chi connectivity index (χ1n) is 10.3. The Morgan fingerprint density at radius 2 is 1.82 bits per heavy atom. The molecular formula is C25H21N5O4. The van der Waals surface area contributed by atoms with Gasteiger partial charge in [-0.3, -0.25) is 4.90 Å². The Labute approximate surface area is 195 Å². The number of aromatic nitrogens is 2. The van der Waals surface area contributed by atoms with Crippen LogP contribution in [0.25, 0.3) is 11.3 Å². The van der Waals surface area contributed by atoms with Gasteiger partial charge in [0.1, 0.15) is 11.5 Å². The van der Waals surface area contributed by atoms with E-state index in [4.69, 9.17) is 15.2 Å². The number of nitrogens with two attached hydrogens (primary N) is 1. The Bertz CT molecular complexity index is 1340. The molecule has 9 nitrogen and oxygen atoms in total. The molecule has 1 aliphatic rings. The van der Waals surface area contributed by atoms with Gasteiger partial charge in [-0.25, -0.2) is 14.6 Å². The summed E-state index contributed by atoms with van der Waals surface area (Å²) in [6.07, 6.45) is 3.20. The van der Waals surface area contributed by atoms with E-state index in [0.717, 1.165) is 11.3 Å². The number of imidazole rings is 1. The SMILES string of the molecule is COC(=O)C1=C(C(=O)OC)N(c2cccc(-c3cnc[nH]3)c2)C(N)=C(C#N)C1c1ccccc1. The highest BCUT2D eigenvalue weighted by Crippen LogP contribution is 2.43. The van der Waals surface area contributed by atoms with Crippen molar-refractivity contribution in [3.63, 3.8) is 0 Å². The Kier molecular flexibility index (Phi) is 6.14. The van der Waals surface area contributed by atoms with Gasteiger partial charge >= 0.3 is 11.9 Å². The van der Waals surface area contributed by atoms with Crippen LogP contribution in [0, 0.1) is 11.3 Å². The van der Waals surface area contributed by atoms with Crippen molar-refractivity contribution in [3.8, 4) is 17.3 Å². The summed E-state index contributed by atoms with van der Waals surface area (Å²) in [7, 11) is 2.42. The van der Waals surface area contributed by atoms with Crippen molar-refractivity contribution in [2.75, 3.05) is 19.1 Å². The lowest BCUT2D eigenvalue weighted by Crippen LogP contribution is -2.40. The van der Waals surface area contributed by atoms with Gasteiger partial charge in [-0.15, -0.1) is 0 Å². The molecule has 1 atom stereocenters. The molecule has 1 unspecified atom stereocenters. The number of hydrogen-bond acceptors (Lipinski definition) is 8. The lowest BCUT2D eigenvalue weighted by atomic mass is 9.81. The Morgan fingerprint density at radius 3 is 2.44 bits per heavy atom. The van der Waals surface area contributed by atoms with Gasteiger partial charge in [0.15, 0.2) is 0 Å². The molecule has 0 radical (unpaired) electrons. The van der Waals surface area contributed by atoms with E-state index in [1.54, 1.807) is 61.1 Å². The standard InChI is InChI=1S/C25H21N5O4/c1-33-24(31)21-20(15-7-4-3-5-8-15)18(12-26)23(27)30(22(21)25(32)34-2)17-10-6-9-16(11-17)19-13-28-14-29-19/h3-11,13-14,20H,27H2,1-2H3,(H,28,29). The molecule has 9 heteroatoms. The highest BCUT2D eigenvalue weighted by atomic mass is 16.5. The zero-order valence-electron chi connectivity index (χ0n) is 18.5. The largest absolute Gasteiger partial charge is 0.466 e. The van der Waals surface area contributed by atoms with E-state index < -0.39 is 17.9 Å². The summed E-state index contributed by atoms with van der Waals surface area (Å²) in [4.78, 5) is 34.6. The lowest BCUT2D eigenvalue weighted by Gasteiger charge is -2.36. The number of carbonyl (C=O) groups is 2. The molecular weight excluding hydrogens is 434 g/mol. The molecule has 4 rings (SSSR count). The molecule has 0 saturated carbocycles. The zero-order chi connectivity index (χ0) is 24.2. The monoisotopic (exact) mass is 455 g/mol. The molecule has 0 spiro atoms. The summed E-state index contributed by atoms with van der Waals surface area (Å²) in [5, 5.41) is 10.1. The number of nitrogens with one attached hydrogen (secondary N) is 1. The van der Waals surface area contributed by atoms with Gasteiger partial charge in [-0.05, 0) is 17.7 Å². The minimum absolute atomic E-state index is 0.00571. The number of nitrogens with zero attached hydrogens (tertiary/aromatic N) is 3. The molecule has 3 N–H and O–H groups in total. The number of allylic oxidation sites excluding steroid dienone is 1. The van der Waals surface area contributed by atoms with E-state index in [-0.39, 0.29) is 22.7 Å². The number of ether oxygens (including phenoxy) is 2. The number of benzene rings is 2. The molecule has 170 valence electrons. The minimum atomic E-state index is -0.917. The van der Waals surface area contributed by atoms with E-state index in [1.165, 1.54) is 19.1 Å². The molecule has 0 bridgehead atoms. The molecule has 34 heavy (non-hydrogen) atoms. The van der Waals surface area contributed by atoms with E-state index in [9.17, 15) is 14.9 Å². The fraction of sp³-hybridized carbons (Fsp3) is 0.120. The van der Waals surface area contributed by atoms with Crippen LogP contribution in [0.2, 0.25) is 0 Å². The second-order valence-electron chi connectivity index (χ2n) is 7.35. The van der Waals surface area contributed by atoms with Crippen LogP contribution in [0.4, 0.5) is 5.69 Å². The second kappa shape index (κ2) is 9.34. The van der Waals surface area contributed by atoms with Crippen LogP contribution in [0.3, 0.4) is 0 Å². The van der Waals surface area contributed by atoms with Gasteiger partial charge in [0.2, 0.25) is 0 Å². The molecule has 1 aliphatic heterocycles. The van der Waals surface area contributed by atoms with Gasteiger partial charge in [0.25, 0.3) is 0 Å². The fourth-order valence-electron chi connectivity index (χ4n) is 4.01. The number of rotatable bonds is 5. The Hall–Kier alpha value is -4.84. The van der Waals surface area contributed by atoms with Gasteiger partial charge in [0, 0.05) is 11.3 Å².